The summed E-state index contributed by atoms with van der Waals surface area (Å²) < 4.78 is 0. The zero-order valence-corrected chi connectivity index (χ0v) is 4.94. The van der Waals surface area contributed by atoms with Gasteiger partial charge in [0.2, 0.25) is 0 Å². The fourth-order valence-corrected chi connectivity index (χ4v) is 0. The quantitative estimate of drug-likeness (QED) is 0.306. The van der Waals surface area contributed by atoms with Crippen molar-refractivity contribution in [3.8, 4) is 0 Å². The number of carboxylic acid groups (broad SMARTS) is 2. The van der Waals surface area contributed by atoms with E-state index in [1.807, 2.05) is 0 Å². The Hall–Kier alpha value is 0.755. The summed E-state index contributed by atoms with van der Waals surface area (Å²) in [6.45, 7) is 0. The molecule has 0 fully saturated rings. The van der Waals surface area contributed by atoms with Crippen LogP contribution in [-0.2, 0) is 0 Å². The van der Waals surface area contributed by atoms with Crippen molar-refractivity contribution in [2.45, 2.75) is 0 Å². The minimum Gasteiger partial charge on any atom is -1.00 e. The van der Waals surface area contributed by atoms with E-state index >= 15 is 0 Å². The monoisotopic (exact) mass is 112 g/mol. The van der Waals surface area contributed by atoms with E-state index in [0.717, 1.165) is 0 Å². The molecule has 0 aromatic rings. The number of carbonyl (C=O) groups is 1. The maximum absolute atomic E-state index is 8.56. The van der Waals surface area contributed by atoms with Crippen molar-refractivity contribution in [1.29, 1.82) is 0 Å². The maximum Gasteiger partial charge on any atom is 1.00 e. The Morgan fingerprint density at radius 3 is 1.29 bits per heavy atom. The summed E-state index contributed by atoms with van der Waals surface area (Å²) in [6, 6.07) is 0. The minimum atomic E-state index is -1.83. The molecule has 0 heterocycles. The van der Waals surface area contributed by atoms with Crippen molar-refractivity contribution >= 4 is 6.16 Å². The summed E-state index contributed by atoms with van der Waals surface area (Å²) in [5.41, 5.74) is 0. The fraction of sp³-hybridized carbons (Fsp3) is 0. The van der Waals surface area contributed by atoms with E-state index in [4.69, 9.17) is 15.0 Å². The molecule has 34 valence electrons. The van der Waals surface area contributed by atoms with Crippen LogP contribution in [0.3, 0.4) is 0 Å². The number of hydrogen-bond donors (Lipinski definition) is 2. The van der Waals surface area contributed by atoms with Gasteiger partial charge in [-0.05, 0) is 0 Å². The Labute approximate surface area is 72.7 Å². The molecular formula is CH3ClLi2O3. The van der Waals surface area contributed by atoms with Gasteiger partial charge in [-0.2, -0.15) is 0 Å². The van der Waals surface area contributed by atoms with Gasteiger partial charge in [-0.15, -0.1) is 0 Å². The van der Waals surface area contributed by atoms with Crippen molar-refractivity contribution in [2.24, 2.45) is 0 Å². The maximum atomic E-state index is 8.56. The molecule has 0 spiro atoms. The Morgan fingerprint density at radius 1 is 1.29 bits per heavy atom. The molecule has 0 aliphatic carbocycles. The van der Waals surface area contributed by atoms with Crippen LogP contribution in [-0.4, -0.2) is 16.4 Å². The average Bonchev–Trinajstić information content (AvgIpc) is 0.811. The van der Waals surface area contributed by atoms with E-state index in [1.54, 1.807) is 0 Å². The number of hydrogen-bond acceptors (Lipinski definition) is 1. The van der Waals surface area contributed by atoms with E-state index in [9.17, 15) is 0 Å². The van der Waals surface area contributed by atoms with Crippen molar-refractivity contribution in [2.75, 3.05) is 0 Å². The van der Waals surface area contributed by atoms with E-state index < -0.39 is 6.16 Å². The van der Waals surface area contributed by atoms with Crippen molar-refractivity contribution in [3.63, 3.8) is 0 Å². The summed E-state index contributed by atoms with van der Waals surface area (Å²) in [5.74, 6) is 0. The van der Waals surface area contributed by atoms with Gasteiger partial charge in [-0.1, -0.05) is 0 Å². The predicted molar refractivity (Wildman–Crippen MR) is 11.8 cm³/mol. The van der Waals surface area contributed by atoms with Crippen LogP contribution >= 0.6 is 0 Å². The van der Waals surface area contributed by atoms with Gasteiger partial charge in [0.15, 0.2) is 0 Å². The van der Waals surface area contributed by atoms with Crippen LogP contribution in [0, 0.1) is 0 Å². The molecule has 2 N–H and O–H groups in total. The van der Waals surface area contributed by atoms with E-state index in [0.29, 0.717) is 0 Å². The first-order chi connectivity index (χ1) is 1.73. The second-order valence-electron chi connectivity index (χ2n) is 0.283. The first-order valence-electron chi connectivity index (χ1n) is 0.651. The van der Waals surface area contributed by atoms with Gasteiger partial charge < -0.3 is 24.0 Å². The Kier molecular flexibility index (Phi) is 56.9. The molecule has 0 bridgehead atoms. The zero-order chi connectivity index (χ0) is 3.58. The molecule has 0 aliphatic heterocycles. The molecule has 0 saturated heterocycles. The summed E-state index contributed by atoms with van der Waals surface area (Å²) in [5, 5.41) is 13.9. The molecule has 0 rings (SSSR count). The van der Waals surface area contributed by atoms with Gasteiger partial charge in [0.05, 0.1) is 0 Å². The third kappa shape index (κ3) is 268. The Morgan fingerprint density at radius 2 is 1.29 bits per heavy atom. The van der Waals surface area contributed by atoms with Crippen LogP contribution in [0.4, 0.5) is 4.79 Å². The molecule has 0 aromatic heterocycles. The summed E-state index contributed by atoms with van der Waals surface area (Å²) in [6.07, 6.45) is -1.83. The second-order valence-corrected chi connectivity index (χ2v) is 0.283. The zero-order valence-electron chi connectivity index (χ0n) is 5.18. The molecule has 0 radical (unpaired) electrons. The molecular weight excluding hydrogens is 109 g/mol. The normalized spacial score (nSPS) is 3.43. The molecule has 0 unspecified atom stereocenters. The van der Waals surface area contributed by atoms with Crippen molar-refractivity contribution in [3.05, 3.63) is 0 Å². The Balaban J connectivity index is -0.00000000750. The summed E-state index contributed by atoms with van der Waals surface area (Å²) >= 11 is 0. The predicted octanol–water partition coefficient (Wildman–Crippen LogP) is -8.65. The van der Waals surface area contributed by atoms with Crippen LogP contribution in [0.1, 0.15) is 1.43 Å². The minimum absolute atomic E-state index is 0. The van der Waals surface area contributed by atoms with Crippen LogP contribution in [0.25, 0.3) is 0 Å². The largest absolute Gasteiger partial charge is 1.00 e. The van der Waals surface area contributed by atoms with Crippen LogP contribution < -0.4 is 50.1 Å². The Bertz CT molecular complexity index is 40.3. The first-order valence-corrected chi connectivity index (χ1v) is 0.651. The fourth-order valence-electron chi connectivity index (χ4n) is 0. The van der Waals surface area contributed by atoms with E-state index in [2.05, 4.69) is 0 Å². The van der Waals surface area contributed by atoms with Gasteiger partial charge >= 0.3 is 43.9 Å². The smallest absolute Gasteiger partial charge is 1.00 e. The average molecular weight is 112 g/mol. The standard InChI is InChI=1S/CH2O3.ClH.2Li.H/c2-1(3)4;;;;/h(H2,2,3,4);1H;;;/q;;2*+1;-1/p-1. The van der Waals surface area contributed by atoms with Crippen molar-refractivity contribution < 1.29 is 66.6 Å². The second kappa shape index (κ2) is 15.9. The summed E-state index contributed by atoms with van der Waals surface area (Å²) in [7, 11) is 0. The first kappa shape index (κ1) is 25.1. The van der Waals surface area contributed by atoms with E-state index in [-0.39, 0.29) is 51.6 Å². The summed E-state index contributed by atoms with van der Waals surface area (Å²) in [4.78, 5) is 8.56. The van der Waals surface area contributed by atoms with Crippen LogP contribution in [0.5, 0.6) is 0 Å². The molecule has 0 aromatic carbocycles. The SMILES string of the molecule is O=C(O)O.[Cl-].[H-].[Li+].[Li+]. The topological polar surface area (TPSA) is 57.5 Å². The van der Waals surface area contributed by atoms with Crippen LogP contribution in [0.15, 0.2) is 0 Å². The third-order valence-electron chi connectivity index (χ3n) is 0. The van der Waals surface area contributed by atoms with Gasteiger partial charge in [0.25, 0.3) is 0 Å². The molecule has 0 amide bonds. The molecule has 6 heteroatoms. The molecule has 0 aliphatic rings. The third-order valence-corrected chi connectivity index (χ3v) is 0. The van der Waals surface area contributed by atoms with Crippen LogP contribution in [0.2, 0.25) is 0 Å². The number of rotatable bonds is 0. The molecule has 7 heavy (non-hydrogen) atoms. The van der Waals surface area contributed by atoms with Gasteiger partial charge in [-0.25, -0.2) is 4.79 Å². The van der Waals surface area contributed by atoms with Gasteiger partial charge in [0.1, 0.15) is 0 Å². The van der Waals surface area contributed by atoms with E-state index in [1.165, 1.54) is 0 Å². The van der Waals surface area contributed by atoms with Crippen molar-refractivity contribution in [1.82, 2.24) is 0 Å². The molecule has 0 atom stereocenters. The van der Waals surface area contributed by atoms with Gasteiger partial charge in [0, 0.05) is 0 Å². The molecule has 0 saturated carbocycles. The number of halogens is 1. The molecule has 3 nitrogen and oxygen atoms in total. The van der Waals surface area contributed by atoms with Gasteiger partial charge in [-0.3, -0.25) is 0 Å².